The maximum atomic E-state index is 9.42. The SMILES string of the molecule is [2H]c1c([2H])c([2H])c(-c2nc(-c3c([2H])c([2H])c([2H])c([2H])c3[2H])nc(-c3c([2H])c([2H])c(-n4c5ccccc5c5ccc6c7ccccc7oc6c54)c([2H])c3[2H])n2)c([2H])c1[2H].[2H]c1c([2H])c([2H])c(-c2nc(-c3ccc(-n4c5ccccc5c5ccc6c7ccccc7oc6c54)cc3)nc(-c3c([2H])c([2H])c([2H])c([2H])c3[2H])n2)c([2H])c1[2H]. The van der Waals surface area contributed by atoms with Crippen molar-refractivity contribution in [2.24, 2.45) is 0 Å². The van der Waals surface area contributed by atoms with Crippen molar-refractivity contribution in [3.05, 3.63) is 291 Å². The molecule has 6 heterocycles. The second-order valence-electron chi connectivity index (χ2n) is 20.0. The fourth-order valence-electron chi connectivity index (χ4n) is 11.1. The van der Waals surface area contributed by atoms with Gasteiger partial charge in [0.25, 0.3) is 0 Å². The van der Waals surface area contributed by atoms with Gasteiger partial charge < -0.3 is 18.0 Å². The zero-order valence-corrected chi connectivity index (χ0v) is 45.3. The van der Waals surface area contributed by atoms with E-state index in [1.165, 1.54) is 0 Å². The summed E-state index contributed by atoms with van der Waals surface area (Å²) in [6, 6.07) is 30.4. The normalized spacial score (nSPS) is 15.5. The highest BCUT2D eigenvalue weighted by atomic mass is 16.3. The molecule has 0 unspecified atom stereocenters. The Morgan fingerprint density at radius 2 is 0.568 bits per heavy atom. The molecule has 412 valence electrons. The Kier molecular flexibility index (Phi) is 7.51. The van der Waals surface area contributed by atoms with Crippen molar-refractivity contribution < 1.29 is 41.7 Å². The van der Waals surface area contributed by atoms with Crippen molar-refractivity contribution in [2.45, 2.75) is 0 Å². The number of para-hydroxylation sites is 4. The van der Waals surface area contributed by atoms with Crippen LogP contribution in [-0.4, -0.2) is 39.0 Å². The van der Waals surface area contributed by atoms with Gasteiger partial charge in [-0.05, 0) is 84.8 Å². The maximum absolute atomic E-state index is 9.42. The Morgan fingerprint density at radius 3 is 0.966 bits per heavy atom. The highest BCUT2D eigenvalue weighted by molar-refractivity contribution is 6.23. The first-order valence-corrected chi connectivity index (χ1v) is 27.3. The topological polar surface area (TPSA) is 113 Å². The van der Waals surface area contributed by atoms with Crippen molar-refractivity contribution in [3.63, 3.8) is 0 Å². The summed E-state index contributed by atoms with van der Waals surface area (Å²) in [6.07, 6.45) is 0. The number of rotatable bonds is 8. The first-order chi connectivity index (χ1) is 53.6. The molecule has 10 nitrogen and oxygen atoms in total. The van der Waals surface area contributed by atoms with Crippen LogP contribution in [0.3, 0.4) is 0 Å². The van der Waals surface area contributed by atoms with Crippen LogP contribution in [0.5, 0.6) is 0 Å². The number of hydrogen-bond donors (Lipinski definition) is 0. The van der Waals surface area contributed by atoms with Crippen LogP contribution >= 0.6 is 0 Å². The van der Waals surface area contributed by atoms with E-state index in [-0.39, 0.29) is 34.3 Å². The molecule has 88 heavy (non-hydrogen) atoms. The van der Waals surface area contributed by atoms with E-state index < -0.39 is 179 Å². The molecule has 0 aliphatic carbocycles. The third-order valence-corrected chi connectivity index (χ3v) is 15.0. The number of hydrogen-bond acceptors (Lipinski definition) is 8. The summed E-state index contributed by atoms with van der Waals surface area (Å²) < 4.78 is 221. The highest BCUT2D eigenvalue weighted by Gasteiger charge is 2.22. The van der Waals surface area contributed by atoms with Crippen LogP contribution in [0, 0.1) is 0 Å². The van der Waals surface area contributed by atoms with E-state index >= 15 is 0 Å². The summed E-state index contributed by atoms with van der Waals surface area (Å²) in [5.74, 6) is -2.43. The van der Waals surface area contributed by atoms with E-state index in [9.17, 15) is 5.48 Å². The Bertz CT molecular complexity index is 6900. The molecule has 0 N–H and O–H groups in total. The monoisotopic (exact) mass is 1150 g/mol. The minimum Gasteiger partial charge on any atom is -0.454 e. The van der Waals surface area contributed by atoms with Crippen LogP contribution in [0.25, 0.3) is 167 Å². The Morgan fingerprint density at radius 1 is 0.250 bits per heavy atom. The molecule has 0 saturated heterocycles. The summed E-state index contributed by atoms with van der Waals surface area (Å²) in [5.41, 5.74) is 4.33. The van der Waals surface area contributed by atoms with Gasteiger partial charge in [-0.2, -0.15) is 0 Å². The summed E-state index contributed by atoms with van der Waals surface area (Å²) in [6.45, 7) is 0. The molecule has 10 heteroatoms. The molecule has 0 amide bonds. The molecule has 18 rings (SSSR count). The van der Waals surface area contributed by atoms with Gasteiger partial charge in [0.1, 0.15) is 11.2 Å². The summed E-state index contributed by atoms with van der Waals surface area (Å²) >= 11 is 0. The summed E-state index contributed by atoms with van der Waals surface area (Å²) in [7, 11) is 0. The molecular formula is C78H48N8O2. The number of aromatic nitrogens is 8. The van der Waals surface area contributed by atoms with Crippen LogP contribution in [0.1, 0.15) is 32.9 Å². The number of fused-ring (bicyclic) bond motifs is 14. The smallest absolute Gasteiger partial charge is 0.164 e. The van der Waals surface area contributed by atoms with Crippen LogP contribution in [-0.2, 0) is 0 Å². The van der Waals surface area contributed by atoms with Crippen LogP contribution in [0.2, 0.25) is 0 Å². The molecule has 6 aromatic heterocycles. The van der Waals surface area contributed by atoms with Gasteiger partial charge in [-0.15, -0.1) is 0 Å². The lowest BCUT2D eigenvalue weighted by Gasteiger charge is -2.11. The van der Waals surface area contributed by atoms with Gasteiger partial charge in [0.15, 0.2) is 46.1 Å². The molecule has 0 radical (unpaired) electrons. The quantitative estimate of drug-likeness (QED) is 0.148. The largest absolute Gasteiger partial charge is 0.454 e. The zero-order chi connectivity index (χ0) is 79.0. The van der Waals surface area contributed by atoms with E-state index in [0.29, 0.717) is 27.8 Å². The van der Waals surface area contributed by atoms with Gasteiger partial charge in [0.05, 0.1) is 55.0 Å². The molecule has 0 saturated carbocycles. The van der Waals surface area contributed by atoms with Crippen molar-refractivity contribution >= 4 is 87.5 Å². The molecular weight excluding hydrogens is 1080 g/mol. The Hall–Kier alpha value is -12.1. The standard InChI is InChI=1S/2C39H24N4O/c2*1-3-11-25(12-4-1)37-40-38(26-13-5-2-6-14-26)42-39(41-37)27-19-21-28(22-20-27)43-33-17-9-7-15-29(33)31-23-24-32-30-16-8-10-18-34(30)44-36(32)35(31)43/h2*1-24H/i1D,2D,3D,4D,5D,6D,11D,12D,13D,14D,19D,20D,21D,22D;1D,2D,3D,4D,5D,6D,11D,12D,13D,14D. The lowest BCUT2D eigenvalue weighted by Crippen LogP contribution is -2.00. The van der Waals surface area contributed by atoms with Crippen molar-refractivity contribution in [1.82, 2.24) is 39.0 Å². The number of furan rings is 2. The Labute approximate surface area is 537 Å². The molecule has 0 fully saturated rings. The predicted octanol–water partition coefficient (Wildman–Crippen LogP) is 19.7. The van der Waals surface area contributed by atoms with Gasteiger partial charge in [-0.1, -0.05) is 206 Å². The van der Waals surface area contributed by atoms with Gasteiger partial charge in [0, 0.05) is 87.8 Å². The second-order valence-corrected chi connectivity index (χ2v) is 20.0. The molecule has 0 aliphatic rings. The molecule has 0 bridgehead atoms. The number of benzene rings is 12. The molecule has 0 atom stereocenters. The van der Waals surface area contributed by atoms with Gasteiger partial charge in [-0.3, -0.25) is 0 Å². The molecule has 0 aliphatic heterocycles. The van der Waals surface area contributed by atoms with E-state index in [0.717, 1.165) is 71.0 Å². The average Bonchev–Trinajstić information content (AvgIpc) is 1.54. The average molecular weight is 1150 g/mol. The fourth-order valence-corrected chi connectivity index (χ4v) is 11.1. The predicted molar refractivity (Wildman–Crippen MR) is 356 cm³/mol. The fraction of sp³-hybridized carbons (Fsp3) is 0. The zero-order valence-electron chi connectivity index (χ0n) is 69.3. The van der Waals surface area contributed by atoms with Crippen LogP contribution in [0.4, 0.5) is 0 Å². The minimum atomic E-state index is -0.735. The van der Waals surface area contributed by atoms with E-state index in [1.807, 2.05) is 103 Å². The molecule has 18 aromatic rings. The maximum Gasteiger partial charge on any atom is 0.164 e. The molecule has 0 spiro atoms. The van der Waals surface area contributed by atoms with E-state index in [4.69, 9.17) is 36.2 Å². The molecule has 12 aromatic carbocycles. The van der Waals surface area contributed by atoms with Crippen molar-refractivity contribution in [1.29, 1.82) is 0 Å². The van der Waals surface area contributed by atoms with E-state index in [1.54, 1.807) is 28.8 Å². The van der Waals surface area contributed by atoms with Gasteiger partial charge >= 0.3 is 0 Å². The van der Waals surface area contributed by atoms with Crippen LogP contribution < -0.4 is 0 Å². The lowest BCUT2D eigenvalue weighted by atomic mass is 10.1. The van der Waals surface area contributed by atoms with Gasteiger partial charge in [0.2, 0.25) is 0 Å². The first kappa shape index (κ1) is 31.7. The van der Waals surface area contributed by atoms with Crippen LogP contribution in [0.15, 0.2) is 299 Å². The summed E-state index contributed by atoms with van der Waals surface area (Å²) in [5, 5.41) is 7.10. The highest BCUT2D eigenvalue weighted by Crippen LogP contribution is 2.43. The summed E-state index contributed by atoms with van der Waals surface area (Å²) in [4.78, 5) is 26.4. The van der Waals surface area contributed by atoms with Crippen molar-refractivity contribution in [2.75, 3.05) is 0 Å². The van der Waals surface area contributed by atoms with Gasteiger partial charge in [-0.25, -0.2) is 29.9 Å². The third-order valence-electron chi connectivity index (χ3n) is 15.0. The van der Waals surface area contributed by atoms with Crippen molar-refractivity contribution in [3.8, 4) is 79.7 Å². The Balaban J connectivity index is 0.000000163. The number of nitrogens with zero attached hydrogens (tertiary/aromatic N) is 8. The van der Waals surface area contributed by atoms with E-state index in [2.05, 4.69) is 52.7 Å². The first-order valence-electron chi connectivity index (χ1n) is 39.3. The second kappa shape index (κ2) is 20.9. The third kappa shape index (κ3) is 8.57. The lowest BCUT2D eigenvalue weighted by molar-refractivity contribution is 0.670. The minimum absolute atomic E-state index is 0.0120.